The van der Waals surface area contributed by atoms with Gasteiger partial charge in [0.2, 0.25) is 0 Å². The van der Waals surface area contributed by atoms with E-state index in [1.807, 2.05) is 24.3 Å². The van der Waals surface area contributed by atoms with Crippen LogP contribution in [0.4, 0.5) is 0 Å². The van der Waals surface area contributed by atoms with Gasteiger partial charge in [0.15, 0.2) is 5.82 Å². The van der Waals surface area contributed by atoms with E-state index in [1.54, 1.807) is 14.2 Å². The largest absolute Gasteiger partial charge is 0.380 e. The van der Waals surface area contributed by atoms with Gasteiger partial charge in [0.1, 0.15) is 5.15 Å². The van der Waals surface area contributed by atoms with Crippen molar-refractivity contribution in [2.24, 2.45) is 0 Å². The topological polar surface area (TPSA) is 44.2 Å². The first-order valence-electron chi connectivity index (χ1n) is 5.94. The maximum Gasteiger partial charge on any atom is 0.161 e. The molecule has 1 aromatic carbocycles. The van der Waals surface area contributed by atoms with Crippen molar-refractivity contribution in [2.45, 2.75) is 13.2 Å². The van der Waals surface area contributed by atoms with E-state index >= 15 is 0 Å². The number of nitrogens with zero attached hydrogens (tertiary/aromatic N) is 2. The average Bonchev–Trinajstić information content (AvgIpc) is 2.44. The highest BCUT2D eigenvalue weighted by Crippen LogP contribution is 2.27. The monoisotopic (exact) mass is 356 g/mol. The number of aromatic nitrogens is 2. The molecular weight excluding hydrogens is 344 g/mol. The van der Waals surface area contributed by atoms with Crippen molar-refractivity contribution in [1.82, 2.24) is 9.97 Å². The fraction of sp³-hybridized carbons (Fsp3) is 0.286. The molecule has 0 N–H and O–H groups in total. The molecule has 0 saturated heterocycles. The van der Waals surface area contributed by atoms with Gasteiger partial charge in [0.25, 0.3) is 0 Å². The minimum Gasteiger partial charge on any atom is -0.380 e. The normalized spacial score (nSPS) is 10.8. The van der Waals surface area contributed by atoms with E-state index in [4.69, 9.17) is 21.1 Å². The standard InChI is InChI=1S/C14H14BrClN2O2/c1-19-7-9-4-3-5-10(6-9)14-17-11(8-20-2)12(15)13(16)18-14/h3-6H,7-8H2,1-2H3. The molecule has 0 spiro atoms. The number of methoxy groups -OCH3 is 2. The summed E-state index contributed by atoms with van der Waals surface area (Å²) in [5, 5.41) is 0.374. The third-order valence-electron chi connectivity index (χ3n) is 2.66. The molecule has 0 aliphatic carbocycles. The second-order valence-corrected chi connectivity index (χ2v) is 5.32. The third kappa shape index (κ3) is 3.55. The van der Waals surface area contributed by atoms with Crippen molar-refractivity contribution in [2.75, 3.05) is 14.2 Å². The zero-order valence-corrected chi connectivity index (χ0v) is 13.5. The van der Waals surface area contributed by atoms with Crippen LogP contribution in [-0.4, -0.2) is 24.2 Å². The molecule has 6 heteroatoms. The fourth-order valence-corrected chi connectivity index (χ4v) is 2.27. The van der Waals surface area contributed by atoms with Crippen LogP contribution in [0.3, 0.4) is 0 Å². The van der Waals surface area contributed by atoms with Gasteiger partial charge in [0, 0.05) is 19.8 Å². The summed E-state index contributed by atoms with van der Waals surface area (Å²) in [6.45, 7) is 0.913. The number of ether oxygens (including phenoxy) is 2. The van der Waals surface area contributed by atoms with Gasteiger partial charge >= 0.3 is 0 Å². The van der Waals surface area contributed by atoms with Crippen molar-refractivity contribution in [3.63, 3.8) is 0 Å². The molecule has 0 radical (unpaired) electrons. The number of halogens is 2. The molecule has 0 aliphatic rings. The summed E-state index contributed by atoms with van der Waals surface area (Å²) in [5.74, 6) is 0.572. The second-order valence-electron chi connectivity index (χ2n) is 4.17. The van der Waals surface area contributed by atoms with Crippen LogP contribution in [0.15, 0.2) is 28.7 Å². The minimum absolute atomic E-state index is 0.369. The van der Waals surface area contributed by atoms with Crippen LogP contribution in [0.2, 0.25) is 5.15 Å². The van der Waals surface area contributed by atoms with Gasteiger partial charge in [-0.25, -0.2) is 9.97 Å². The Morgan fingerprint density at radius 1 is 1.15 bits per heavy atom. The lowest BCUT2D eigenvalue weighted by molar-refractivity contribution is 0.181. The SMILES string of the molecule is COCc1cccc(-c2nc(Cl)c(Br)c(COC)n2)c1. The lowest BCUT2D eigenvalue weighted by Gasteiger charge is -2.08. The molecular formula is C14H14BrClN2O2. The zero-order chi connectivity index (χ0) is 14.5. The van der Waals surface area contributed by atoms with Crippen LogP contribution >= 0.6 is 27.5 Å². The predicted octanol–water partition coefficient (Wildman–Crippen LogP) is 3.85. The smallest absolute Gasteiger partial charge is 0.161 e. The van der Waals surface area contributed by atoms with E-state index in [1.165, 1.54) is 0 Å². The number of hydrogen-bond acceptors (Lipinski definition) is 4. The Balaban J connectivity index is 2.44. The Morgan fingerprint density at radius 2 is 1.90 bits per heavy atom. The van der Waals surface area contributed by atoms with Gasteiger partial charge in [-0.05, 0) is 27.6 Å². The third-order valence-corrected chi connectivity index (χ3v) is 3.99. The second kappa shape index (κ2) is 7.13. The zero-order valence-electron chi connectivity index (χ0n) is 11.2. The highest BCUT2D eigenvalue weighted by molar-refractivity contribution is 9.10. The van der Waals surface area contributed by atoms with E-state index in [0.29, 0.717) is 28.7 Å². The van der Waals surface area contributed by atoms with Crippen LogP contribution in [0.1, 0.15) is 11.3 Å². The first kappa shape index (κ1) is 15.4. The Morgan fingerprint density at radius 3 is 2.60 bits per heavy atom. The molecule has 20 heavy (non-hydrogen) atoms. The Bertz CT molecular complexity index is 608. The van der Waals surface area contributed by atoms with Crippen molar-refractivity contribution in [1.29, 1.82) is 0 Å². The van der Waals surface area contributed by atoms with Crippen LogP contribution in [-0.2, 0) is 22.7 Å². The van der Waals surface area contributed by atoms with Crippen LogP contribution < -0.4 is 0 Å². The fourth-order valence-electron chi connectivity index (χ4n) is 1.79. The van der Waals surface area contributed by atoms with Crippen LogP contribution in [0, 0.1) is 0 Å². The van der Waals surface area contributed by atoms with Gasteiger partial charge in [-0.1, -0.05) is 29.8 Å². The lowest BCUT2D eigenvalue weighted by atomic mass is 10.1. The summed E-state index contributed by atoms with van der Waals surface area (Å²) in [5.41, 5.74) is 2.67. The molecule has 2 rings (SSSR count). The van der Waals surface area contributed by atoms with Crippen molar-refractivity contribution < 1.29 is 9.47 Å². The minimum atomic E-state index is 0.369. The Kier molecular flexibility index (Phi) is 5.48. The highest BCUT2D eigenvalue weighted by atomic mass is 79.9. The molecule has 2 aromatic rings. The summed E-state index contributed by atoms with van der Waals surface area (Å²) < 4.78 is 10.9. The van der Waals surface area contributed by atoms with Crippen molar-refractivity contribution in [3.8, 4) is 11.4 Å². The quantitative estimate of drug-likeness (QED) is 0.762. The van der Waals surface area contributed by atoms with E-state index in [-0.39, 0.29) is 0 Å². The van der Waals surface area contributed by atoms with Gasteiger partial charge in [-0.15, -0.1) is 0 Å². The number of hydrogen-bond donors (Lipinski definition) is 0. The predicted molar refractivity (Wildman–Crippen MR) is 81.6 cm³/mol. The maximum atomic E-state index is 6.13. The van der Waals surface area contributed by atoms with Crippen LogP contribution in [0.5, 0.6) is 0 Å². The highest BCUT2D eigenvalue weighted by Gasteiger charge is 2.12. The molecule has 0 amide bonds. The van der Waals surface area contributed by atoms with Crippen LogP contribution in [0.25, 0.3) is 11.4 Å². The van der Waals surface area contributed by atoms with Crippen molar-refractivity contribution in [3.05, 3.63) is 45.1 Å². The van der Waals surface area contributed by atoms with E-state index in [0.717, 1.165) is 16.8 Å². The molecule has 0 bridgehead atoms. The maximum absolute atomic E-state index is 6.13. The average molecular weight is 358 g/mol. The first-order valence-corrected chi connectivity index (χ1v) is 7.12. The van der Waals surface area contributed by atoms with Gasteiger partial charge < -0.3 is 9.47 Å². The molecule has 0 unspecified atom stereocenters. The van der Waals surface area contributed by atoms with E-state index in [9.17, 15) is 0 Å². The van der Waals surface area contributed by atoms with E-state index in [2.05, 4.69) is 25.9 Å². The molecule has 0 fully saturated rings. The van der Waals surface area contributed by atoms with Gasteiger partial charge in [-0.3, -0.25) is 0 Å². The molecule has 0 aliphatic heterocycles. The summed E-state index contributed by atoms with van der Waals surface area (Å²) in [7, 11) is 3.28. The van der Waals surface area contributed by atoms with Gasteiger partial charge in [0.05, 0.1) is 23.4 Å². The summed E-state index contributed by atoms with van der Waals surface area (Å²) in [6, 6.07) is 7.86. The Hall–Kier alpha value is -1.01. The molecule has 4 nitrogen and oxygen atoms in total. The first-order chi connectivity index (χ1) is 9.65. The van der Waals surface area contributed by atoms with Crippen molar-refractivity contribution >= 4 is 27.5 Å². The number of rotatable bonds is 5. The summed E-state index contributed by atoms with van der Waals surface area (Å²) in [6.07, 6.45) is 0. The lowest BCUT2D eigenvalue weighted by Crippen LogP contribution is -2.00. The summed E-state index contributed by atoms with van der Waals surface area (Å²) >= 11 is 9.50. The Labute approximate surface area is 131 Å². The molecule has 106 valence electrons. The summed E-state index contributed by atoms with van der Waals surface area (Å²) in [4.78, 5) is 8.78. The molecule has 0 atom stereocenters. The molecule has 1 heterocycles. The van der Waals surface area contributed by atoms with E-state index < -0.39 is 0 Å². The van der Waals surface area contributed by atoms with Gasteiger partial charge in [-0.2, -0.15) is 0 Å². The molecule has 0 saturated carbocycles. The number of benzene rings is 1. The molecule has 1 aromatic heterocycles.